The Morgan fingerprint density at radius 2 is 2.33 bits per heavy atom. The van der Waals surface area contributed by atoms with Crippen LogP contribution in [-0.4, -0.2) is 63.5 Å². The molecule has 1 N–H and O–H groups in total. The maximum Gasteiger partial charge on any atom is 0.0877 e. The lowest BCUT2D eigenvalue weighted by Gasteiger charge is -2.35. The van der Waals surface area contributed by atoms with Gasteiger partial charge in [0.05, 0.1) is 25.4 Å². The van der Waals surface area contributed by atoms with Gasteiger partial charge in [0, 0.05) is 19.7 Å². The van der Waals surface area contributed by atoms with E-state index in [0.29, 0.717) is 6.04 Å². The number of likely N-dealkylation sites (N-methyl/N-ethyl adjacent to an activating group) is 2. The number of morpholine rings is 1. The van der Waals surface area contributed by atoms with Crippen LogP contribution in [0.25, 0.3) is 0 Å². The van der Waals surface area contributed by atoms with Gasteiger partial charge in [0.25, 0.3) is 0 Å². The highest BCUT2D eigenvalue weighted by Crippen LogP contribution is 2.08. The molecule has 0 radical (unpaired) electrons. The quantitative estimate of drug-likeness (QED) is 0.694. The van der Waals surface area contributed by atoms with Gasteiger partial charge in [-0.05, 0) is 20.5 Å². The average Bonchev–Trinajstić information content (AvgIpc) is 2.24. The van der Waals surface area contributed by atoms with Crippen LogP contribution in [0.3, 0.4) is 0 Å². The molecule has 0 spiro atoms. The summed E-state index contributed by atoms with van der Waals surface area (Å²) < 4.78 is 11.3. The Morgan fingerprint density at radius 3 is 2.93 bits per heavy atom. The van der Waals surface area contributed by atoms with E-state index in [2.05, 4.69) is 24.2 Å². The molecule has 0 amide bonds. The fourth-order valence-corrected chi connectivity index (χ4v) is 1.86. The summed E-state index contributed by atoms with van der Waals surface area (Å²) in [6.45, 7) is 9.46. The van der Waals surface area contributed by atoms with E-state index in [0.717, 1.165) is 39.5 Å². The van der Waals surface area contributed by atoms with Crippen LogP contribution in [0.5, 0.6) is 0 Å². The first-order valence-electron chi connectivity index (χ1n) is 5.89. The van der Waals surface area contributed by atoms with E-state index < -0.39 is 0 Å². The molecule has 0 aromatic rings. The number of nitrogens with one attached hydrogen (secondary N) is 1. The van der Waals surface area contributed by atoms with Gasteiger partial charge in [0.15, 0.2) is 0 Å². The van der Waals surface area contributed by atoms with Gasteiger partial charge in [-0.1, -0.05) is 6.92 Å². The molecule has 0 aromatic heterocycles. The normalized spacial score (nSPS) is 25.4. The van der Waals surface area contributed by atoms with E-state index in [1.165, 1.54) is 0 Å². The van der Waals surface area contributed by atoms with Gasteiger partial charge in [-0.25, -0.2) is 0 Å². The number of ether oxygens (including phenoxy) is 2. The molecule has 2 atom stereocenters. The molecule has 1 heterocycles. The van der Waals surface area contributed by atoms with Crippen LogP contribution >= 0.6 is 0 Å². The maximum absolute atomic E-state index is 5.78. The Labute approximate surface area is 92.9 Å². The molecular formula is C11H24N2O2. The number of hydrogen-bond acceptors (Lipinski definition) is 4. The van der Waals surface area contributed by atoms with Crippen molar-refractivity contribution in [3.05, 3.63) is 0 Å². The second-order valence-electron chi connectivity index (χ2n) is 4.00. The summed E-state index contributed by atoms with van der Waals surface area (Å²) in [7, 11) is 2.14. The largest absolute Gasteiger partial charge is 0.380 e. The van der Waals surface area contributed by atoms with Gasteiger partial charge in [-0.2, -0.15) is 0 Å². The van der Waals surface area contributed by atoms with Crippen molar-refractivity contribution in [2.75, 3.05) is 46.5 Å². The zero-order valence-corrected chi connectivity index (χ0v) is 10.2. The molecule has 0 saturated carbocycles. The number of hydrogen-bond donors (Lipinski definition) is 1. The van der Waals surface area contributed by atoms with Crippen molar-refractivity contribution in [2.24, 2.45) is 0 Å². The lowest BCUT2D eigenvalue weighted by molar-refractivity contribution is -0.0538. The Balaban J connectivity index is 2.38. The number of nitrogens with zero attached hydrogens (tertiary/aromatic N) is 1. The highest BCUT2D eigenvalue weighted by molar-refractivity contribution is 4.81. The second kappa shape index (κ2) is 7.17. The topological polar surface area (TPSA) is 33.7 Å². The van der Waals surface area contributed by atoms with Crippen LogP contribution < -0.4 is 5.32 Å². The molecule has 2 unspecified atom stereocenters. The first-order valence-corrected chi connectivity index (χ1v) is 5.89. The third-order valence-corrected chi connectivity index (χ3v) is 2.71. The first-order chi connectivity index (χ1) is 7.27. The highest BCUT2D eigenvalue weighted by Gasteiger charge is 2.26. The Bertz CT molecular complexity index is 167. The average molecular weight is 216 g/mol. The summed E-state index contributed by atoms with van der Waals surface area (Å²) >= 11 is 0. The fourth-order valence-electron chi connectivity index (χ4n) is 1.86. The fraction of sp³-hybridized carbons (Fsp3) is 1.00. The van der Waals surface area contributed by atoms with Gasteiger partial charge in [0.2, 0.25) is 0 Å². The summed E-state index contributed by atoms with van der Waals surface area (Å²) in [4.78, 5) is 2.31. The van der Waals surface area contributed by atoms with Crippen molar-refractivity contribution in [2.45, 2.75) is 26.0 Å². The molecule has 90 valence electrons. The minimum Gasteiger partial charge on any atom is -0.380 e. The van der Waals surface area contributed by atoms with E-state index >= 15 is 0 Å². The second-order valence-corrected chi connectivity index (χ2v) is 4.00. The lowest BCUT2D eigenvalue weighted by Crippen LogP contribution is -2.53. The minimum absolute atomic E-state index is 0.259. The molecule has 4 nitrogen and oxygen atoms in total. The zero-order valence-electron chi connectivity index (χ0n) is 10.2. The highest BCUT2D eigenvalue weighted by atomic mass is 16.5. The summed E-state index contributed by atoms with van der Waals surface area (Å²) in [6.07, 6.45) is 0.259. The third kappa shape index (κ3) is 4.47. The zero-order chi connectivity index (χ0) is 11.1. The third-order valence-electron chi connectivity index (χ3n) is 2.71. The predicted octanol–water partition coefficient (Wildman–Crippen LogP) is 0.332. The van der Waals surface area contributed by atoms with E-state index in [1.807, 2.05) is 6.92 Å². The van der Waals surface area contributed by atoms with E-state index in [4.69, 9.17) is 9.47 Å². The van der Waals surface area contributed by atoms with Crippen molar-refractivity contribution >= 4 is 0 Å². The van der Waals surface area contributed by atoms with Gasteiger partial charge in [0.1, 0.15) is 0 Å². The first kappa shape index (κ1) is 12.9. The van der Waals surface area contributed by atoms with E-state index in [1.54, 1.807) is 0 Å². The molecule has 1 fully saturated rings. The van der Waals surface area contributed by atoms with Crippen LogP contribution in [0.1, 0.15) is 13.8 Å². The summed E-state index contributed by atoms with van der Waals surface area (Å²) in [5.41, 5.74) is 0. The van der Waals surface area contributed by atoms with Gasteiger partial charge >= 0.3 is 0 Å². The summed E-state index contributed by atoms with van der Waals surface area (Å²) in [5, 5.41) is 3.43. The van der Waals surface area contributed by atoms with Crippen molar-refractivity contribution < 1.29 is 9.47 Å². The SMILES string of the molecule is CCNC(COCC)C1CN(C)CCO1. The number of rotatable bonds is 6. The van der Waals surface area contributed by atoms with Crippen LogP contribution in [0.15, 0.2) is 0 Å². The van der Waals surface area contributed by atoms with Gasteiger partial charge in [-0.3, -0.25) is 0 Å². The Hall–Kier alpha value is -0.160. The van der Waals surface area contributed by atoms with Crippen LogP contribution in [-0.2, 0) is 9.47 Å². The molecule has 1 aliphatic rings. The van der Waals surface area contributed by atoms with E-state index in [-0.39, 0.29) is 6.10 Å². The Morgan fingerprint density at radius 1 is 1.53 bits per heavy atom. The molecule has 1 rings (SSSR count). The van der Waals surface area contributed by atoms with Crippen molar-refractivity contribution in [1.29, 1.82) is 0 Å². The summed E-state index contributed by atoms with van der Waals surface area (Å²) in [6, 6.07) is 0.317. The van der Waals surface area contributed by atoms with Crippen molar-refractivity contribution in [3.63, 3.8) is 0 Å². The summed E-state index contributed by atoms with van der Waals surface area (Å²) in [5.74, 6) is 0. The van der Waals surface area contributed by atoms with Crippen molar-refractivity contribution in [1.82, 2.24) is 10.2 Å². The monoisotopic (exact) mass is 216 g/mol. The van der Waals surface area contributed by atoms with Crippen molar-refractivity contribution in [3.8, 4) is 0 Å². The standard InChI is InChI=1S/C11H24N2O2/c1-4-12-10(9-14-5-2)11-8-13(3)6-7-15-11/h10-12H,4-9H2,1-3H3. The van der Waals surface area contributed by atoms with Crippen LogP contribution in [0, 0.1) is 0 Å². The molecule has 15 heavy (non-hydrogen) atoms. The van der Waals surface area contributed by atoms with Crippen LogP contribution in [0.4, 0.5) is 0 Å². The lowest BCUT2D eigenvalue weighted by atomic mass is 10.1. The van der Waals surface area contributed by atoms with Crippen LogP contribution in [0.2, 0.25) is 0 Å². The molecule has 1 aliphatic heterocycles. The molecule has 0 aliphatic carbocycles. The van der Waals surface area contributed by atoms with Gasteiger partial charge < -0.3 is 19.7 Å². The Kier molecular flexibility index (Phi) is 6.17. The molecular weight excluding hydrogens is 192 g/mol. The molecule has 0 bridgehead atoms. The smallest absolute Gasteiger partial charge is 0.0877 e. The molecule has 0 aromatic carbocycles. The maximum atomic E-state index is 5.78. The van der Waals surface area contributed by atoms with E-state index in [9.17, 15) is 0 Å². The van der Waals surface area contributed by atoms with Gasteiger partial charge in [-0.15, -0.1) is 0 Å². The predicted molar refractivity (Wildman–Crippen MR) is 61.2 cm³/mol. The molecule has 4 heteroatoms. The minimum atomic E-state index is 0.259. The molecule has 1 saturated heterocycles.